The van der Waals surface area contributed by atoms with Crippen molar-refractivity contribution in [2.24, 2.45) is 5.92 Å². The lowest BCUT2D eigenvalue weighted by molar-refractivity contribution is -0.202. The average molecular weight is 629 g/mol. The molecule has 2 heterocycles. The average Bonchev–Trinajstić information content (AvgIpc) is 3.33. The fraction of sp³-hybridized carbons (Fsp3) is 0.222. The second-order valence-corrected chi connectivity index (χ2v) is 10.4. The molecule has 1 amide bonds. The van der Waals surface area contributed by atoms with Gasteiger partial charge in [0.05, 0.1) is 16.0 Å². The molecule has 226 valence electrons. The minimum absolute atomic E-state index is 0.00883. The summed E-state index contributed by atoms with van der Waals surface area (Å²) in [7, 11) is 0. The third-order valence-electron chi connectivity index (χ3n) is 5.90. The van der Waals surface area contributed by atoms with E-state index < -0.39 is 53.5 Å². The zero-order valence-electron chi connectivity index (χ0n) is 21.9. The standard InChI is InChI=1S/C27H19F7N4O4S/c1-12(2)20(23(40)42-24(41)27(32,33)34)37-22(39)14-5-3-13(4-6-14)15-7-8-18(17(28)9-15)36-25-38-21-19(43-25)10-16(11-35-21)26(29,30)31/h3-12,20H,1-2H3,(H,37,39)(H,35,36,38)/t20-/m0/s1. The van der Waals surface area contributed by atoms with Gasteiger partial charge in [0.1, 0.15) is 11.9 Å². The van der Waals surface area contributed by atoms with Crippen LogP contribution in [-0.2, 0) is 20.5 Å². The molecular weight excluding hydrogens is 609 g/mol. The number of rotatable bonds is 7. The molecule has 1 atom stereocenters. The van der Waals surface area contributed by atoms with Gasteiger partial charge in [0, 0.05) is 11.8 Å². The number of fused-ring (bicyclic) bond motifs is 1. The number of aromatic nitrogens is 2. The van der Waals surface area contributed by atoms with Crippen molar-refractivity contribution in [2.45, 2.75) is 32.2 Å². The first-order valence-corrected chi connectivity index (χ1v) is 13.0. The van der Waals surface area contributed by atoms with E-state index >= 15 is 0 Å². The van der Waals surface area contributed by atoms with Crippen molar-refractivity contribution in [3.05, 3.63) is 71.7 Å². The molecule has 2 aromatic carbocycles. The van der Waals surface area contributed by atoms with Crippen molar-refractivity contribution in [3.8, 4) is 11.1 Å². The predicted octanol–water partition coefficient (Wildman–Crippen LogP) is 6.65. The van der Waals surface area contributed by atoms with Gasteiger partial charge in [-0.3, -0.25) is 4.79 Å². The van der Waals surface area contributed by atoms with E-state index in [1.165, 1.54) is 56.3 Å². The van der Waals surface area contributed by atoms with Gasteiger partial charge < -0.3 is 15.4 Å². The summed E-state index contributed by atoms with van der Waals surface area (Å²) in [5.41, 5.74) is 0.000194. The maximum absolute atomic E-state index is 14.9. The monoisotopic (exact) mass is 628 g/mol. The molecule has 2 N–H and O–H groups in total. The van der Waals surface area contributed by atoms with Crippen LogP contribution < -0.4 is 10.6 Å². The molecule has 0 radical (unpaired) electrons. The molecule has 0 unspecified atom stereocenters. The lowest BCUT2D eigenvalue weighted by atomic mass is 10.0. The molecule has 0 fully saturated rings. The van der Waals surface area contributed by atoms with E-state index in [-0.39, 0.29) is 26.7 Å². The highest BCUT2D eigenvalue weighted by Crippen LogP contribution is 2.35. The first kappa shape index (κ1) is 31.3. The van der Waals surface area contributed by atoms with Gasteiger partial charge in [0.2, 0.25) is 0 Å². The minimum Gasteiger partial charge on any atom is -0.385 e. The number of carbonyl (C=O) groups is 3. The number of hydrogen-bond donors (Lipinski definition) is 2. The lowest BCUT2D eigenvalue weighted by Crippen LogP contribution is -2.47. The van der Waals surface area contributed by atoms with Crippen LogP contribution in [0.1, 0.15) is 29.8 Å². The predicted molar refractivity (Wildman–Crippen MR) is 141 cm³/mol. The van der Waals surface area contributed by atoms with Crippen molar-refractivity contribution < 1.29 is 49.9 Å². The SMILES string of the molecule is CC(C)[C@H](NC(=O)c1ccc(-c2ccc(Nc3nc4ncc(C(F)(F)F)cc4s3)c(F)c2)cc1)C(=O)OC(=O)C(F)(F)F. The van der Waals surface area contributed by atoms with Gasteiger partial charge in [-0.25, -0.2) is 19.0 Å². The fourth-order valence-corrected chi connectivity index (χ4v) is 4.57. The highest BCUT2D eigenvalue weighted by atomic mass is 32.1. The van der Waals surface area contributed by atoms with Crippen LogP contribution in [0.5, 0.6) is 0 Å². The Bertz CT molecular complexity index is 1690. The van der Waals surface area contributed by atoms with Crippen LogP contribution in [0.15, 0.2) is 54.7 Å². The van der Waals surface area contributed by atoms with E-state index in [0.717, 1.165) is 17.4 Å². The van der Waals surface area contributed by atoms with Crippen molar-refractivity contribution in [1.29, 1.82) is 0 Å². The highest BCUT2D eigenvalue weighted by molar-refractivity contribution is 7.22. The Labute approximate surface area is 241 Å². The number of benzene rings is 2. The number of amides is 1. The van der Waals surface area contributed by atoms with Crippen molar-refractivity contribution in [3.63, 3.8) is 0 Å². The molecule has 16 heteroatoms. The van der Waals surface area contributed by atoms with E-state index in [4.69, 9.17) is 0 Å². The number of thiazole rings is 1. The number of ether oxygens (including phenoxy) is 1. The van der Waals surface area contributed by atoms with Crippen LogP contribution >= 0.6 is 11.3 Å². The number of pyridine rings is 1. The summed E-state index contributed by atoms with van der Waals surface area (Å²) in [5, 5.41) is 5.08. The number of halogens is 7. The molecule has 43 heavy (non-hydrogen) atoms. The maximum atomic E-state index is 14.9. The van der Waals surface area contributed by atoms with Gasteiger partial charge in [-0.1, -0.05) is 43.4 Å². The number of anilines is 2. The molecule has 2 aromatic heterocycles. The lowest BCUT2D eigenvalue weighted by Gasteiger charge is -2.20. The second-order valence-electron chi connectivity index (χ2n) is 9.36. The number of esters is 2. The molecule has 0 aliphatic carbocycles. The van der Waals surface area contributed by atoms with E-state index in [9.17, 15) is 45.1 Å². The Kier molecular flexibility index (Phi) is 8.71. The van der Waals surface area contributed by atoms with E-state index in [1.54, 1.807) is 0 Å². The highest BCUT2D eigenvalue weighted by Gasteiger charge is 2.44. The molecule has 4 aromatic rings. The second kappa shape index (κ2) is 11.9. The first-order chi connectivity index (χ1) is 20.0. The van der Waals surface area contributed by atoms with Crippen LogP contribution in [0.3, 0.4) is 0 Å². The van der Waals surface area contributed by atoms with Crippen LogP contribution in [0, 0.1) is 11.7 Å². The summed E-state index contributed by atoms with van der Waals surface area (Å²) in [6, 6.07) is 9.04. The van der Waals surface area contributed by atoms with Crippen molar-refractivity contribution >= 4 is 50.3 Å². The van der Waals surface area contributed by atoms with Gasteiger partial charge in [-0.2, -0.15) is 31.3 Å². The zero-order chi connectivity index (χ0) is 31.7. The molecule has 0 aliphatic rings. The maximum Gasteiger partial charge on any atom is 0.491 e. The van der Waals surface area contributed by atoms with Crippen LogP contribution in [0.2, 0.25) is 0 Å². The molecule has 0 spiro atoms. The van der Waals surface area contributed by atoms with Crippen LogP contribution in [0.25, 0.3) is 21.5 Å². The Hall–Kier alpha value is -4.60. The Morgan fingerprint density at radius 1 is 0.930 bits per heavy atom. The van der Waals surface area contributed by atoms with E-state index in [0.29, 0.717) is 17.3 Å². The zero-order valence-corrected chi connectivity index (χ0v) is 22.7. The Balaban J connectivity index is 1.44. The smallest absolute Gasteiger partial charge is 0.385 e. The van der Waals surface area contributed by atoms with Gasteiger partial charge in [0.15, 0.2) is 10.8 Å². The Morgan fingerprint density at radius 3 is 2.16 bits per heavy atom. The molecule has 4 rings (SSSR count). The third kappa shape index (κ3) is 7.43. The molecule has 0 aliphatic heterocycles. The van der Waals surface area contributed by atoms with Crippen molar-refractivity contribution in [1.82, 2.24) is 15.3 Å². The van der Waals surface area contributed by atoms with Crippen LogP contribution in [-0.4, -0.2) is 40.0 Å². The molecule has 0 bridgehead atoms. The summed E-state index contributed by atoms with van der Waals surface area (Å²) in [6.07, 6.45) is -9.30. The third-order valence-corrected chi connectivity index (χ3v) is 6.80. The number of nitrogens with one attached hydrogen (secondary N) is 2. The summed E-state index contributed by atoms with van der Waals surface area (Å²) >= 11 is 0.862. The molecule has 8 nitrogen and oxygen atoms in total. The van der Waals surface area contributed by atoms with Crippen LogP contribution in [0.4, 0.5) is 41.6 Å². The number of alkyl halides is 6. The summed E-state index contributed by atoms with van der Waals surface area (Å²) in [6.45, 7) is 2.86. The largest absolute Gasteiger partial charge is 0.491 e. The molecule has 0 saturated heterocycles. The summed E-state index contributed by atoms with van der Waals surface area (Å²) in [4.78, 5) is 43.5. The fourth-order valence-electron chi connectivity index (χ4n) is 3.69. The molecular formula is C27H19F7N4O4S. The van der Waals surface area contributed by atoms with E-state index in [2.05, 4.69) is 25.3 Å². The topological polar surface area (TPSA) is 110 Å². The molecule has 0 saturated carbocycles. The van der Waals surface area contributed by atoms with Gasteiger partial charge in [0.25, 0.3) is 5.91 Å². The number of hydrogen-bond acceptors (Lipinski definition) is 8. The summed E-state index contributed by atoms with van der Waals surface area (Å²) < 4.78 is 95.0. The van der Waals surface area contributed by atoms with Gasteiger partial charge in [-0.15, -0.1) is 0 Å². The van der Waals surface area contributed by atoms with E-state index in [1.807, 2.05) is 0 Å². The van der Waals surface area contributed by atoms with Crippen molar-refractivity contribution in [2.75, 3.05) is 5.32 Å². The normalized spacial score (nSPS) is 12.7. The van der Waals surface area contributed by atoms with Gasteiger partial charge in [-0.05, 0) is 47.4 Å². The quantitative estimate of drug-likeness (QED) is 0.134. The number of carbonyl (C=O) groups excluding carboxylic acids is 3. The first-order valence-electron chi connectivity index (χ1n) is 12.2. The Morgan fingerprint density at radius 2 is 1.58 bits per heavy atom. The minimum atomic E-state index is -5.39. The number of nitrogens with zero attached hydrogens (tertiary/aromatic N) is 2. The van der Waals surface area contributed by atoms with Gasteiger partial charge >= 0.3 is 24.3 Å². The summed E-state index contributed by atoms with van der Waals surface area (Å²) in [5.74, 6) is -6.54.